The summed E-state index contributed by atoms with van der Waals surface area (Å²) >= 11 is 5.99. The molecule has 0 fully saturated rings. The van der Waals surface area contributed by atoms with E-state index in [9.17, 15) is 13.2 Å². The number of nitrogens with zero attached hydrogens (tertiary/aromatic N) is 2. The summed E-state index contributed by atoms with van der Waals surface area (Å²) in [7, 11) is 1.46. The molecule has 0 unspecified atom stereocenters. The van der Waals surface area contributed by atoms with Crippen LogP contribution in [0.25, 0.3) is 10.9 Å². The topological polar surface area (TPSA) is 35.0 Å². The normalized spacial score (nSPS) is 11.7. The maximum Gasteiger partial charge on any atom is 0.331 e. The van der Waals surface area contributed by atoms with Crippen LogP contribution in [-0.4, -0.2) is 17.1 Å². The van der Waals surface area contributed by atoms with E-state index in [1.54, 1.807) is 12.1 Å². The molecule has 3 nitrogen and oxygen atoms in total. The lowest BCUT2D eigenvalue weighted by atomic mass is 10.1. The van der Waals surface area contributed by atoms with Crippen molar-refractivity contribution in [3.63, 3.8) is 0 Å². The van der Waals surface area contributed by atoms with Crippen LogP contribution in [0.5, 0.6) is 5.75 Å². The van der Waals surface area contributed by atoms with E-state index < -0.39 is 23.1 Å². The molecule has 23 heavy (non-hydrogen) atoms. The second kappa shape index (κ2) is 5.70. The number of hydrogen-bond donors (Lipinski definition) is 0. The van der Waals surface area contributed by atoms with Gasteiger partial charge in [0.25, 0.3) is 0 Å². The van der Waals surface area contributed by atoms with Gasteiger partial charge in [-0.05, 0) is 36.4 Å². The third-order valence-electron chi connectivity index (χ3n) is 3.35. The SMILES string of the molecule is COc1ccc2c(Cl)nc(C(F)(F)c3ccc(F)cc3)nc2c1. The third kappa shape index (κ3) is 2.82. The summed E-state index contributed by atoms with van der Waals surface area (Å²) in [6.45, 7) is 0. The fourth-order valence-electron chi connectivity index (χ4n) is 2.13. The number of benzene rings is 2. The van der Waals surface area contributed by atoms with Crippen LogP contribution in [0.4, 0.5) is 13.2 Å². The van der Waals surface area contributed by atoms with Crippen molar-refractivity contribution in [3.8, 4) is 5.75 Å². The molecule has 1 aromatic heterocycles. The van der Waals surface area contributed by atoms with Gasteiger partial charge in [0.2, 0.25) is 5.82 Å². The van der Waals surface area contributed by atoms with E-state index in [0.717, 1.165) is 24.3 Å². The van der Waals surface area contributed by atoms with Gasteiger partial charge in [0.1, 0.15) is 16.7 Å². The highest BCUT2D eigenvalue weighted by Crippen LogP contribution is 2.36. The second-order valence-electron chi connectivity index (χ2n) is 4.80. The van der Waals surface area contributed by atoms with Gasteiger partial charge in [0.15, 0.2) is 0 Å². The van der Waals surface area contributed by atoms with E-state index in [-0.39, 0.29) is 10.7 Å². The fraction of sp³-hybridized carbons (Fsp3) is 0.125. The summed E-state index contributed by atoms with van der Waals surface area (Å²) in [5.41, 5.74) is -0.182. The van der Waals surface area contributed by atoms with Crippen LogP contribution < -0.4 is 4.74 Å². The molecular formula is C16H10ClF3N2O. The monoisotopic (exact) mass is 338 g/mol. The van der Waals surface area contributed by atoms with Gasteiger partial charge in [-0.15, -0.1) is 0 Å². The number of hydrogen-bond acceptors (Lipinski definition) is 3. The Labute approximate surface area is 134 Å². The Balaban J connectivity index is 2.16. The Kier molecular flexibility index (Phi) is 3.85. The quantitative estimate of drug-likeness (QED) is 0.656. The number of aromatic nitrogens is 2. The molecule has 0 aliphatic heterocycles. The number of rotatable bonds is 3. The van der Waals surface area contributed by atoms with Crippen molar-refractivity contribution in [2.24, 2.45) is 0 Å². The van der Waals surface area contributed by atoms with Gasteiger partial charge >= 0.3 is 5.92 Å². The van der Waals surface area contributed by atoms with Crippen LogP contribution in [0, 0.1) is 5.82 Å². The zero-order valence-corrected chi connectivity index (χ0v) is 12.6. The van der Waals surface area contributed by atoms with Crippen LogP contribution in [0.1, 0.15) is 11.4 Å². The smallest absolute Gasteiger partial charge is 0.331 e. The molecule has 0 saturated heterocycles. The maximum absolute atomic E-state index is 14.6. The van der Waals surface area contributed by atoms with Gasteiger partial charge in [0.05, 0.1) is 12.6 Å². The van der Waals surface area contributed by atoms with E-state index in [2.05, 4.69) is 9.97 Å². The van der Waals surface area contributed by atoms with E-state index in [1.807, 2.05) is 0 Å². The van der Waals surface area contributed by atoms with E-state index in [4.69, 9.17) is 16.3 Å². The highest BCUT2D eigenvalue weighted by atomic mass is 35.5. The first kappa shape index (κ1) is 15.6. The van der Waals surface area contributed by atoms with E-state index in [1.165, 1.54) is 13.2 Å². The van der Waals surface area contributed by atoms with Gasteiger partial charge in [-0.1, -0.05) is 11.6 Å². The lowest BCUT2D eigenvalue weighted by Gasteiger charge is -2.16. The first-order valence-corrected chi connectivity index (χ1v) is 6.95. The van der Waals surface area contributed by atoms with Crippen molar-refractivity contribution in [3.05, 3.63) is 64.8 Å². The molecule has 118 valence electrons. The largest absolute Gasteiger partial charge is 0.497 e. The molecule has 0 aliphatic rings. The van der Waals surface area contributed by atoms with Crippen LogP contribution in [0.15, 0.2) is 42.5 Å². The molecule has 3 aromatic rings. The number of fused-ring (bicyclic) bond motifs is 1. The lowest BCUT2D eigenvalue weighted by Crippen LogP contribution is -2.19. The minimum absolute atomic E-state index is 0.0885. The Hall–Kier alpha value is -2.34. The summed E-state index contributed by atoms with van der Waals surface area (Å²) in [5.74, 6) is -4.40. The summed E-state index contributed by atoms with van der Waals surface area (Å²) in [5, 5.41) is 0.348. The van der Waals surface area contributed by atoms with Gasteiger partial charge in [0, 0.05) is 17.0 Å². The van der Waals surface area contributed by atoms with Crippen LogP contribution in [0.3, 0.4) is 0 Å². The van der Waals surface area contributed by atoms with Crippen LogP contribution >= 0.6 is 11.6 Å². The molecule has 1 heterocycles. The molecule has 7 heteroatoms. The van der Waals surface area contributed by atoms with Crippen molar-refractivity contribution >= 4 is 22.5 Å². The minimum Gasteiger partial charge on any atom is -0.497 e. The van der Waals surface area contributed by atoms with E-state index >= 15 is 0 Å². The number of methoxy groups -OCH3 is 1. The predicted molar refractivity (Wildman–Crippen MR) is 80.5 cm³/mol. The Morgan fingerprint density at radius 2 is 1.74 bits per heavy atom. The number of alkyl halides is 2. The highest BCUT2D eigenvalue weighted by Gasteiger charge is 2.38. The molecule has 3 rings (SSSR count). The number of halogens is 4. The molecular weight excluding hydrogens is 329 g/mol. The molecule has 0 radical (unpaired) electrons. The Bertz CT molecular complexity index is 869. The zero-order valence-electron chi connectivity index (χ0n) is 11.9. The summed E-state index contributed by atoms with van der Waals surface area (Å²) in [4.78, 5) is 7.59. The van der Waals surface area contributed by atoms with Crippen LogP contribution in [-0.2, 0) is 5.92 Å². The van der Waals surface area contributed by atoms with Gasteiger partial charge < -0.3 is 4.74 Å². The third-order valence-corrected chi connectivity index (χ3v) is 3.63. The second-order valence-corrected chi connectivity index (χ2v) is 5.16. The summed E-state index contributed by atoms with van der Waals surface area (Å²) in [6.07, 6.45) is 0. The summed E-state index contributed by atoms with van der Waals surface area (Å²) in [6, 6.07) is 8.60. The van der Waals surface area contributed by atoms with Crippen molar-refractivity contribution < 1.29 is 17.9 Å². The average molecular weight is 339 g/mol. The van der Waals surface area contributed by atoms with Gasteiger partial charge in [-0.3, -0.25) is 0 Å². The van der Waals surface area contributed by atoms with Crippen molar-refractivity contribution in [1.29, 1.82) is 0 Å². The summed E-state index contributed by atoms with van der Waals surface area (Å²) < 4.78 is 47.1. The van der Waals surface area contributed by atoms with Crippen LogP contribution in [0.2, 0.25) is 5.15 Å². The van der Waals surface area contributed by atoms with Gasteiger partial charge in [-0.25, -0.2) is 14.4 Å². The fourth-order valence-corrected chi connectivity index (χ4v) is 2.37. The Morgan fingerprint density at radius 1 is 1.04 bits per heavy atom. The molecule has 2 aromatic carbocycles. The van der Waals surface area contributed by atoms with Crippen molar-refractivity contribution in [2.45, 2.75) is 5.92 Å². The molecule has 0 aliphatic carbocycles. The zero-order chi connectivity index (χ0) is 16.6. The number of ether oxygens (including phenoxy) is 1. The molecule has 0 N–H and O–H groups in total. The first-order chi connectivity index (χ1) is 10.9. The van der Waals surface area contributed by atoms with Crippen molar-refractivity contribution in [1.82, 2.24) is 9.97 Å². The molecule has 0 bridgehead atoms. The maximum atomic E-state index is 14.6. The Morgan fingerprint density at radius 3 is 2.39 bits per heavy atom. The highest BCUT2D eigenvalue weighted by molar-refractivity contribution is 6.34. The lowest BCUT2D eigenvalue weighted by molar-refractivity contribution is 0.0331. The first-order valence-electron chi connectivity index (χ1n) is 6.57. The molecule has 0 saturated carbocycles. The predicted octanol–water partition coefficient (Wildman–Crippen LogP) is 4.57. The van der Waals surface area contributed by atoms with E-state index in [0.29, 0.717) is 11.1 Å². The minimum atomic E-state index is -3.51. The average Bonchev–Trinajstić information content (AvgIpc) is 2.54. The van der Waals surface area contributed by atoms with Crippen molar-refractivity contribution in [2.75, 3.05) is 7.11 Å². The van der Waals surface area contributed by atoms with Gasteiger partial charge in [-0.2, -0.15) is 8.78 Å². The molecule has 0 amide bonds. The standard InChI is InChI=1S/C16H10ClF3N2O/c1-23-11-6-7-12-13(8-11)21-15(22-14(12)17)16(19,20)9-2-4-10(18)5-3-9/h2-8H,1H3. The molecule has 0 spiro atoms. The molecule has 0 atom stereocenters.